The molecule has 3 aromatic rings. The number of anilines is 1. The molecule has 0 saturated carbocycles. The molecule has 3 N–H and O–H groups in total. The van der Waals surface area contributed by atoms with Crippen LogP contribution in [-0.2, 0) is 11.2 Å². The maximum absolute atomic E-state index is 12.8. The number of rotatable bonds is 6. The normalized spacial score (nSPS) is 18.3. The number of allylic oxidation sites excluding steroid dienone is 2. The summed E-state index contributed by atoms with van der Waals surface area (Å²) in [6, 6.07) is 8.66. The second kappa shape index (κ2) is 11.9. The predicted octanol–water partition coefficient (Wildman–Crippen LogP) is 0.992. The van der Waals surface area contributed by atoms with E-state index >= 15 is 0 Å². The van der Waals surface area contributed by atoms with Crippen molar-refractivity contribution in [2.24, 2.45) is 0 Å². The summed E-state index contributed by atoms with van der Waals surface area (Å²) in [4.78, 5) is 25.5. The van der Waals surface area contributed by atoms with E-state index in [4.69, 9.17) is 13.9 Å². The van der Waals surface area contributed by atoms with E-state index in [1.165, 1.54) is 30.3 Å². The maximum atomic E-state index is 12.8. The van der Waals surface area contributed by atoms with Gasteiger partial charge >= 0.3 is 35.2 Å². The summed E-state index contributed by atoms with van der Waals surface area (Å²) in [5, 5.41) is 35.5. The molecule has 1 saturated heterocycles. The second-order valence-electron chi connectivity index (χ2n) is 9.90. The van der Waals surface area contributed by atoms with Crippen molar-refractivity contribution >= 4 is 22.6 Å². The number of amides is 1. The summed E-state index contributed by atoms with van der Waals surface area (Å²) in [5.74, 6) is -0.960. The third-order valence-corrected chi connectivity index (χ3v) is 6.32. The Labute approximate surface area is 242 Å². The van der Waals surface area contributed by atoms with Crippen molar-refractivity contribution in [3.05, 3.63) is 69.6 Å². The first kappa shape index (κ1) is 29.7. The van der Waals surface area contributed by atoms with Gasteiger partial charge in [0.2, 0.25) is 6.29 Å². The number of hydrogen-bond donors (Lipinski definition) is 3. The van der Waals surface area contributed by atoms with Gasteiger partial charge in [-0.1, -0.05) is 29.3 Å². The van der Waals surface area contributed by atoms with Crippen LogP contribution in [0.4, 0.5) is 5.69 Å². The molecular weight excluding hydrogens is 501 g/mol. The molecule has 1 aromatic heterocycles. The fourth-order valence-corrected chi connectivity index (χ4v) is 4.08. The van der Waals surface area contributed by atoms with Gasteiger partial charge < -0.3 is 34.5 Å². The summed E-state index contributed by atoms with van der Waals surface area (Å²) in [6.45, 7) is 7.38. The Morgan fingerprint density at radius 2 is 1.95 bits per heavy atom. The van der Waals surface area contributed by atoms with E-state index < -0.39 is 41.0 Å². The summed E-state index contributed by atoms with van der Waals surface area (Å²) < 4.78 is 17.0. The number of nitrogens with one attached hydrogen (secondary N) is 1. The molecule has 2 atom stereocenters. The van der Waals surface area contributed by atoms with Crippen molar-refractivity contribution in [2.75, 3.05) is 5.32 Å². The Morgan fingerprint density at radius 1 is 1.21 bits per heavy atom. The molecule has 4 rings (SSSR count). The molecule has 0 bridgehead atoms. The van der Waals surface area contributed by atoms with Gasteiger partial charge in [-0.05, 0) is 58.7 Å². The first-order valence-electron chi connectivity index (χ1n) is 12.0. The molecule has 1 aliphatic rings. The number of ether oxygens (including phenoxy) is 2. The van der Waals surface area contributed by atoms with Crippen molar-refractivity contribution in [3.8, 4) is 17.2 Å². The summed E-state index contributed by atoms with van der Waals surface area (Å²) in [6.07, 6.45) is 2.04. The van der Waals surface area contributed by atoms with Crippen molar-refractivity contribution in [3.63, 3.8) is 0 Å². The van der Waals surface area contributed by atoms with Crippen LogP contribution in [0, 0.1) is 0 Å². The number of carbonyl (C=O) groups excluding carboxylic acids is 1. The average molecular weight is 532 g/mol. The van der Waals surface area contributed by atoms with Crippen LogP contribution in [0.3, 0.4) is 0 Å². The SMILES string of the molecule is CC(C)=CCc1cc(C(=O)Nc2c(O)c3ccc(OC4CCC(O)C(C)(C)O4)cc3oc2=O)ccc1[O-].[Na+]. The molecule has 1 fully saturated rings. The fourth-order valence-electron chi connectivity index (χ4n) is 4.08. The number of hydrogen-bond acceptors (Lipinski definition) is 8. The zero-order valence-corrected chi connectivity index (χ0v) is 24.2. The van der Waals surface area contributed by atoms with Gasteiger partial charge in [0, 0.05) is 18.1 Å². The van der Waals surface area contributed by atoms with E-state index in [0.29, 0.717) is 30.6 Å². The molecule has 196 valence electrons. The molecule has 0 spiro atoms. The van der Waals surface area contributed by atoms with Gasteiger partial charge in [0.1, 0.15) is 11.3 Å². The van der Waals surface area contributed by atoms with E-state index in [1.54, 1.807) is 19.9 Å². The number of aliphatic hydroxyl groups excluding tert-OH is 1. The molecular formula is C28H30NNaO8. The zero-order chi connectivity index (χ0) is 26.9. The topological polar surface area (TPSA) is 141 Å². The molecule has 0 aliphatic carbocycles. The molecule has 10 heteroatoms. The Kier molecular flexibility index (Phi) is 9.33. The Hall–Kier alpha value is -2.82. The number of carbonyl (C=O) groups is 1. The minimum atomic E-state index is -0.945. The van der Waals surface area contributed by atoms with Gasteiger partial charge in [0.25, 0.3) is 5.91 Å². The predicted molar refractivity (Wildman–Crippen MR) is 136 cm³/mol. The molecule has 9 nitrogen and oxygen atoms in total. The number of aromatic hydroxyl groups is 1. The molecule has 0 radical (unpaired) electrons. The van der Waals surface area contributed by atoms with Crippen molar-refractivity contribution in [2.45, 2.75) is 65.0 Å². The van der Waals surface area contributed by atoms with Crippen molar-refractivity contribution in [1.82, 2.24) is 0 Å². The van der Waals surface area contributed by atoms with Crippen LogP contribution in [0.25, 0.3) is 11.0 Å². The van der Waals surface area contributed by atoms with Gasteiger partial charge in [-0.15, -0.1) is 5.75 Å². The molecule has 1 amide bonds. The largest absolute Gasteiger partial charge is 1.00 e. The minimum absolute atomic E-state index is 0. The standard InChI is InChI=1S/C28H31NO8.Na/c1-15(2)5-6-16-13-17(7-10-20(16)30)26(33)29-24-25(32)19-9-8-18(14-21(19)36-27(24)34)35-23-12-11-22(31)28(3,4)37-23;/h5,7-10,13-14,22-23,30-32H,6,11-12H2,1-4H3,(H,29,33);/q;+1/p-1. The first-order valence-corrected chi connectivity index (χ1v) is 12.0. The molecule has 38 heavy (non-hydrogen) atoms. The van der Waals surface area contributed by atoms with Crippen LogP contribution in [0.2, 0.25) is 0 Å². The smallest absolute Gasteiger partial charge is 0.872 e. The fraction of sp³-hybridized carbons (Fsp3) is 0.357. The second-order valence-corrected chi connectivity index (χ2v) is 9.90. The third-order valence-electron chi connectivity index (χ3n) is 6.32. The van der Waals surface area contributed by atoms with Gasteiger partial charge in [-0.25, -0.2) is 4.79 Å². The van der Waals surface area contributed by atoms with Gasteiger partial charge in [-0.2, -0.15) is 0 Å². The number of aliphatic hydroxyl groups is 1. The maximum Gasteiger partial charge on any atom is 1.00 e. The van der Waals surface area contributed by atoms with Gasteiger partial charge in [-0.3, -0.25) is 4.79 Å². The molecule has 1 aliphatic heterocycles. The summed E-state index contributed by atoms with van der Waals surface area (Å²) in [7, 11) is 0. The molecule has 2 unspecified atom stereocenters. The molecule has 2 aromatic carbocycles. The average Bonchev–Trinajstić information content (AvgIpc) is 2.83. The quantitative estimate of drug-likeness (QED) is 0.243. The van der Waals surface area contributed by atoms with Crippen LogP contribution < -0.4 is 50.3 Å². The Bertz CT molecular complexity index is 1420. The summed E-state index contributed by atoms with van der Waals surface area (Å²) in [5.41, 5.74) is -0.411. The Balaban J connectivity index is 0.00000400. The third kappa shape index (κ3) is 6.59. The van der Waals surface area contributed by atoms with Crippen LogP contribution in [-0.4, -0.2) is 34.1 Å². The van der Waals surface area contributed by atoms with Crippen molar-refractivity contribution in [1.29, 1.82) is 0 Å². The monoisotopic (exact) mass is 531 g/mol. The van der Waals surface area contributed by atoms with E-state index in [-0.39, 0.29) is 51.8 Å². The van der Waals surface area contributed by atoms with Gasteiger partial charge in [0.15, 0.2) is 11.4 Å². The van der Waals surface area contributed by atoms with E-state index in [2.05, 4.69) is 5.32 Å². The van der Waals surface area contributed by atoms with Crippen LogP contribution in [0.1, 0.15) is 56.5 Å². The Morgan fingerprint density at radius 3 is 2.63 bits per heavy atom. The molecule has 2 heterocycles. The number of fused-ring (bicyclic) bond motifs is 1. The van der Waals surface area contributed by atoms with E-state index in [0.717, 1.165) is 5.57 Å². The zero-order valence-electron chi connectivity index (χ0n) is 22.2. The van der Waals surface area contributed by atoms with Gasteiger partial charge in [0.05, 0.1) is 17.1 Å². The van der Waals surface area contributed by atoms with E-state index in [9.17, 15) is 24.9 Å². The van der Waals surface area contributed by atoms with Crippen LogP contribution in [0.5, 0.6) is 17.2 Å². The summed E-state index contributed by atoms with van der Waals surface area (Å²) >= 11 is 0. The minimum Gasteiger partial charge on any atom is -0.872 e. The van der Waals surface area contributed by atoms with E-state index in [1.807, 2.05) is 19.9 Å². The van der Waals surface area contributed by atoms with Crippen LogP contribution in [0.15, 0.2) is 57.3 Å². The van der Waals surface area contributed by atoms with Crippen LogP contribution >= 0.6 is 0 Å². The number of benzene rings is 2. The first-order chi connectivity index (χ1) is 17.4. The van der Waals surface area contributed by atoms with Crippen molar-refractivity contribution < 1.29 is 63.6 Å².